The summed E-state index contributed by atoms with van der Waals surface area (Å²) in [6.45, 7) is 0. The van der Waals surface area contributed by atoms with Crippen molar-refractivity contribution >= 4 is 17.8 Å². The number of nitroso groups, excluding NO2 is 1. The Labute approximate surface area is 195 Å². The van der Waals surface area contributed by atoms with E-state index in [-0.39, 0.29) is 30.8 Å². The van der Waals surface area contributed by atoms with Gasteiger partial charge in [0.2, 0.25) is 0 Å². The molecule has 3 aromatic carbocycles. The standard InChI is InChI=1S/C25H23N3O6/c26-27-20(25(31)28-32)13-19-11-12-21(33-23(29)15-17-7-3-1-4-8-17)22(14-19)34-24(30)16-18-9-5-2-6-10-18/h1-12,14,20,27H,13,15-16,26H2/t20-/m0/s1. The van der Waals surface area contributed by atoms with E-state index in [0.29, 0.717) is 5.56 Å². The maximum atomic E-state index is 12.5. The number of nitrogens with zero attached hydrogens (tertiary/aromatic N) is 1. The van der Waals surface area contributed by atoms with Crippen molar-refractivity contribution in [2.24, 2.45) is 11.0 Å². The molecule has 0 aliphatic rings. The summed E-state index contributed by atoms with van der Waals surface area (Å²) < 4.78 is 11.0. The van der Waals surface area contributed by atoms with E-state index in [0.717, 1.165) is 11.1 Å². The molecular weight excluding hydrogens is 438 g/mol. The predicted octanol–water partition coefficient (Wildman–Crippen LogP) is 2.65. The lowest BCUT2D eigenvalue weighted by atomic mass is 10.1. The molecule has 34 heavy (non-hydrogen) atoms. The Bertz CT molecular complexity index is 1150. The van der Waals surface area contributed by atoms with Crippen LogP contribution < -0.4 is 20.7 Å². The van der Waals surface area contributed by atoms with Crippen LogP contribution in [0.15, 0.2) is 84.0 Å². The summed E-state index contributed by atoms with van der Waals surface area (Å²) in [6, 6.07) is 21.5. The van der Waals surface area contributed by atoms with Gasteiger partial charge in [-0.05, 0) is 35.2 Å². The first-order valence-corrected chi connectivity index (χ1v) is 10.4. The zero-order chi connectivity index (χ0) is 24.3. The lowest BCUT2D eigenvalue weighted by Gasteiger charge is -2.15. The summed E-state index contributed by atoms with van der Waals surface area (Å²) >= 11 is 0. The Kier molecular flexibility index (Phi) is 8.73. The summed E-state index contributed by atoms with van der Waals surface area (Å²) in [7, 11) is 0. The van der Waals surface area contributed by atoms with Crippen molar-refractivity contribution in [3.8, 4) is 11.5 Å². The van der Waals surface area contributed by atoms with Gasteiger partial charge in [-0.1, -0.05) is 66.7 Å². The van der Waals surface area contributed by atoms with Crippen molar-refractivity contribution in [1.82, 2.24) is 5.43 Å². The number of hydrazine groups is 1. The van der Waals surface area contributed by atoms with Crippen LogP contribution in [0.2, 0.25) is 0 Å². The van der Waals surface area contributed by atoms with Gasteiger partial charge in [-0.2, -0.15) is 0 Å². The molecule has 0 saturated heterocycles. The van der Waals surface area contributed by atoms with Gasteiger partial charge in [-0.25, -0.2) is 5.43 Å². The molecule has 0 unspecified atom stereocenters. The zero-order valence-corrected chi connectivity index (χ0v) is 18.2. The molecule has 3 N–H and O–H groups in total. The molecule has 0 fully saturated rings. The summed E-state index contributed by atoms with van der Waals surface area (Å²) in [5, 5.41) is 2.38. The minimum absolute atomic E-state index is 0.00197. The minimum Gasteiger partial charge on any atom is -0.422 e. The number of hydrogen-bond donors (Lipinski definition) is 2. The summed E-state index contributed by atoms with van der Waals surface area (Å²) in [6.07, 6.45) is 0.0320. The van der Waals surface area contributed by atoms with E-state index in [9.17, 15) is 19.3 Å². The Morgan fingerprint density at radius 2 is 1.29 bits per heavy atom. The van der Waals surface area contributed by atoms with Gasteiger partial charge in [0, 0.05) is 5.18 Å². The smallest absolute Gasteiger partial charge is 0.315 e. The molecule has 174 valence electrons. The molecule has 0 heterocycles. The number of amides is 1. The van der Waals surface area contributed by atoms with Crippen LogP contribution in [0.4, 0.5) is 0 Å². The molecule has 1 amide bonds. The van der Waals surface area contributed by atoms with E-state index < -0.39 is 23.9 Å². The number of benzene rings is 3. The van der Waals surface area contributed by atoms with Gasteiger partial charge < -0.3 is 9.47 Å². The summed E-state index contributed by atoms with van der Waals surface area (Å²) in [5.74, 6) is 3.32. The number of rotatable bonds is 10. The molecule has 3 aromatic rings. The van der Waals surface area contributed by atoms with Crippen molar-refractivity contribution in [1.29, 1.82) is 0 Å². The van der Waals surface area contributed by atoms with Crippen molar-refractivity contribution in [2.45, 2.75) is 25.3 Å². The first-order valence-electron chi connectivity index (χ1n) is 10.4. The molecule has 0 bridgehead atoms. The molecule has 0 aromatic heterocycles. The van der Waals surface area contributed by atoms with Gasteiger partial charge in [0.15, 0.2) is 11.5 Å². The third kappa shape index (κ3) is 7.16. The summed E-state index contributed by atoms with van der Waals surface area (Å²) in [4.78, 5) is 47.2. The molecular formula is C25H23N3O6. The van der Waals surface area contributed by atoms with Crippen molar-refractivity contribution in [3.05, 3.63) is 100 Å². The Morgan fingerprint density at radius 3 is 1.79 bits per heavy atom. The van der Waals surface area contributed by atoms with Gasteiger partial charge in [-0.3, -0.25) is 20.2 Å². The molecule has 9 nitrogen and oxygen atoms in total. The highest BCUT2D eigenvalue weighted by atomic mass is 16.6. The fraction of sp³-hybridized carbons (Fsp3) is 0.160. The fourth-order valence-corrected chi connectivity index (χ4v) is 3.20. The van der Waals surface area contributed by atoms with Gasteiger partial charge in [0.05, 0.1) is 12.8 Å². The number of ether oxygens (including phenoxy) is 2. The zero-order valence-electron chi connectivity index (χ0n) is 18.2. The third-order valence-electron chi connectivity index (χ3n) is 4.87. The SMILES string of the molecule is NN[C@@H](Cc1ccc(OC(=O)Cc2ccccc2)c(OC(=O)Cc2ccccc2)c1)C(=O)N=O. The van der Waals surface area contributed by atoms with E-state index in [1.54, 1.807) is 42.5 Å². The number of carbonyl (C=O) groups excluding carboxylic acids is 3. The van der Waals surface area contributed by atoms with Gasteiger partial charge in [-0.15, -0.1) is 4.91 Å². The second-order valence-corrected chi connectivity index (χ2v) is 7.41. The molecule has 3 rings (SSSR count). The lowest BCUT2D eigenvalue weighted by Crippen LogP contribution is -2.42. The van der Waals surface area contributed by atoms with Crippen molar-refractivity contribution in [3.63, 3.8) is 0 Å². The van der Waals surface area contributed by atoms with Crippen LogP contribution in [0.1, 0.15) is 16.7 Å². The Morgan fingerprint density at radius 1 is 0.765 bits per heavy atom. The van der Waals surface area contributed by atoms with Crippen LogP contribution in [0.5, 0.6) is 11.5 Å². The molecule has 0 saturated carbocycles. The van der Waals surface area contributed by atoms with Crippen LogP contribution in [0.25, 0.3) is 0 Å². The first-order chi connectivity index (χ1) is 16.5. The number of carbonyl (C=O) groups is 3. The first kappa shape index (κ1) is 24.4. The third-order valence-corrected chi connectivity index (χ3v) is 4.87. The quantitative estimate of drug-likeness (QED) is 0.155. The van der Waals surface area contributed by atoms with Gasteiger partial charge >= 0.3 is 17.8 Å². The maximum Gasteiger partial charge on any atom is 0.315 e. The highest BCUT2D eigenvalue weighted by Gasteiger charge is 2.21. The number of nitrogens with two attached hydrogens (primary N) is 1. The highest BCUT2D eigenvalue weighted by Crippen LogP contribution is 2.30. The average molecular weight is 461 g/mol. The van der Waals surface area contributed by atoms with Crippen molar-refractivity contribution in [2.75, 3.05) is 0 Å². The van der Waals surface area contributed by atoms with E-state index in [2.05, 4.69) is 10.6 Å². The monoisotopic (exact) mass is 461 g/mol. The lowest BCUT2D eigenvalue weighted by molar-refractivity contribution is -0.136. The number of hydrogen-bond acceptors (Lipinski definition) is 8. The normalized spacial score (nSPS) is 11.3. The molecule has 9 heteroatoms. The summed E-state index contributed by atoms with van der Waals surface area (Å²) in [5.41, 5.74) is 4.26. The van der Waals surface area contributed by atoms with Crippen LogP contribution >= 0.6 is 0 Å². The van der Waals surface area contributed by atoms with Crippen molar-refractivity contribution < 1.29 is 23.9 Å². The van der Waals surface area contributed by atoms with E-state index in [4.69, 9.17) is 15.3 Å². The van der Waals surface area contributed by atoms with Crippen LogP contribution in [0, 0.1) is 4.91 Å². The largest absolute Gasteiger partial charge is 0.422 e. The average Bonchev–Trinajstić information content (AvgIpc) is 2.84. The second kappa shape index (κ2) is 12.1. The van der Waals surface area contributed by atoms with Gasteiger partial charge in [0.25, 0.3) is 0 Å². The predicted molar refractivity (Wildman–Crippen MR) is 124 cm³/mol. The van der Waals surface area contributed by atoms with E-state index in [1.807, 2.05) is 24.3 Å². The van der Waals surface area contributed by atoms with Gasteiger partial charge in [0.1, 0.15) is 6.04 Å². The van der Waals surface area contributed by atoms with E-state index in [1.165, 1.54) is 12.1 Å². The van der Waals surface area contributed by atoms with E-state index >= 15 is 0 Å². The number of esters is 2. The topological polar surface area (TPSA) is 137 Å². The maximum absolute atomic E-state index is 12.5. The highest BCUT2D eigenvalue weighted by molar-refractivity contribution is 5.83. The fourth-order valence-electron chi connectivity index (χ4n) is 3.20. The minimum atomic E-state index is -1.06. The Hall–Kier alpha value is -4.21. The Balaban J connectivity index is 1.81. The molecule has 0 spiro atoms. The molecule has 0 radical (unpaired) electrons. The molecule has 1 atom stereocenters. The van der Waals surface area contributed by atoms with Crippen LogP contribution in [-0.4, -0.2) is 23.9 Å². The molecule has 0 aliphatic carbocycles. The number of nitrogens with one attached hydrogen (secondary N) is 1. The second-order valence-electron chi connectivity index (χ2n) is 7.41. The van der Waals surface area contributed by atoms with Crippen LogP contribution in [-0.2, 0) is 33.6 Å². The molecule has 0 aliphatic heterocycles. The van der Waals surface area contributed by atoms with Crippen LogP contribution in [0.3, 0.4) is 0 Å².